The van der Waals surface area contributed by atoms with Crippen molar-refractivity contribution >= 4 is 27.3 Å². The third-order valence-corrected chi connectivity index (χ3v) is 4.35. The predicted molar refractivity (Wildman–Crippen MR) is 65.0 cm³/mol. The lowest BCUT2D eigenvalue weighted by Gasteiger charge is -2.21. The first-order valence-electron chi connectivity index (χ1n) is 4.61. The molecule has 1 heterocycles. The van der Waals surface area contributed by atoms with Crippen LogP contribution in [0.5, 0.6) is 0 Å². The van der Waals surface area contributed by atoms with Gasteiger partial charge in [0.05, 0.1) is 6.10 Å². The molecular formula is C10H16BrNOS. The van der Waals surface area contributed by atoms with Gasteiger partial charge in [0.2, 0.25) is 0 Å². The van der Waals surface area contributed by atoms with Gasteiger partial charge in [0, 0.05) is 28.9 Å². The van der Waals surface area contributed by atoms with E-state index in [1.165, 1.54) is 9.35 Å². The zero-order valence-electron chi connectivity index (χ0n) is 8.71. The first-order chi connectivity index (χ1) is 6.69. The number of nitrogens with one attached hydrogen (secondary N) is 1. The molecule has 80 valence electrons. The summed E-state index contributed by atoms with van der Waals surface area (Å²) in [5.74, 6) is 0. The van der Waals surface area contributed by atoms with Gasteiger partial charge in [-0.1, -0.05) is 0 Å². The molecular weight excluding hydrogens is 262 g/mol. The Kier molecular flexibility index (Phi) is 5.09. The van der Waals surface area contributed by atoms with Crippen LogP contribution in [0.25, 0.3) is 0 Å². The molecule has 0 bridgehead atoms. The quantitative estimate of drug-likeness (QED) is 0.894. The van der Waals surface area contributed by atoms with Gasteiger partial charge in [-0.2, -0.15) is 0 Å². The maximum absolute atomic E-state index is 5.32. The largest absolute Gasteiger partial charge is 0.380 e. The van der Waals surface area contributed by atoms with Gasteiger partial charge in [0.1, 0.15) is 0 Å². The zero-order chi connectivity index (χ0) is 10.6. The highest BCUT2D eigenvalue weighted by molar-refractivity contribution is 9.10. The summed E-state index contributed by atoms with van der Waals surface area (Å²) in [6.07, 6.45) is 1.23. The topological polar surface area (TPSA) is 21.3 Å². The minimum Gasteiger partial charge on any atom is -0.380 e. The third kappa shape index (κ3) is 3.05. The van der Waals surface area contributed by atoms with Gasteiger partial charge < -0.3 is 10.1 Å². The average Bonchev–Trinajstić information content (AvgIpc) is 2.59. The fourth-order valence-electron chi connectivity index (χ4n) is 1.34. The number of hydrogen-bond acceptors (Lipinski definition) is 3. The van der Waals surface area contributed by atoms with Crippen LogP contribution in [0, 0.1) is 0 Å². The first kappa shape index (κ1) is 12.2. The van der Waals surface area contributed by atoms with Crippen LogP contribution in [0.3, 0.4) is 0 Å². The molecule has 2 unspecified atom stereocenters. The van der Waals surface area contributed by atoms with Crippen LogP contribution >= 0.6 is 27.3 Å². The van der Waals surface area contributed by atoms with Crippen molar-refractivity contribution in [2.45, 2.75) is 25.5 Å². The summed E-state index contributed by atoms with van der Waals surface area (Å²) >= 11 is 5.32. The predicted octanol–water partition coefficient (Wildman–Crippen LogP) is 2.68. The Bertz CT molecular complexity index is 277. The third-order valence-electron chi connectivity index (χ3n) is 2.41. The van der Waals surface area contributed by atoms with E-state index in [0.717, 1.165) is 6.42 Å². The van der Waals surface area contributed by atoms with E-state index in [1.54, 1.807) is 18.4 Å². The minimum absolute atomic E-state index is 0.231. The molecule has 2 atom stereocenters. The highest BCUT2D eigenvalue weighted by atomic mass is 79.9. The first-order valence-corrected chi connectivity index (χ1v) is 6.28. The maximum Gasteiger partial charge on any atom is 0.0699 e. The monoisotopic (exact) mass is 277 g/mol. The van der Waals surface area contributed by atoms with Crippen molar-refractivity contribution in [2.75, 3.05) is 14.2 Å². The molecule has 0 spiro atoms. The summed E-state index contributed by atoms with van der Waals surface area (Å²) in [6.45, 7) is 2.09. The van der Waals surface area contributed by atoms with E-state index in [9.17, 15) is 0 Å². The van der Waals surface area contributed by atoms with E-state index in [4.69, 9.17) is 4.74 Å². The van der Waals surface area contributed by atoms with E-state index in [1.807, 2.05) is 7.05 Å². The Morgan fingerprint density at radius 2 is 2.36 bits per heavy atom. The zero-order valence-corrected chi connectivity index (χ0v) is 11.1. The second kappa shape index (κ2) is 5.85. The van der Waals surface area contributed by atoms with Crippen molar-refractivity contribution in [3.05, 3.63) is 20.8 Å². The summed E-state index contributed by atoms with van der Waals surface area (Å²) in [5, 5.41) is 5.38. The molecule has 0 fully saturated rings. The summed E-state index contributed by atoms with van der Waals surface area (Å²) in [7, 11) is 3.72. The van der Waals surface area contributed by atoms with E-state index < -0.39 is 0 Å². The van der Waals surface area contributed by atoms with Crippen LogP contribution in [0.1, 0.15) is 11.8 Å². The fraction of sp³-hybridized carbons (Fsp3) is 0.600. The van der Waals surface area contributed by atoms with Crippen LogP contribution in [-0.4, -0.2) is 26.3 Å². The summed E-state index contributed by atoms with van der Waals surface area (Å²) in [4.78, 5) is 1.37. The second-order valence-electron chi connectivity index (χ2n) is 3.23. The van der Waals surface area contributed by atoms with Gasteiger partial charge in [-0.05, 0) is 41.3 Å². The molecule has 1 rings (SSSR count). The Labute approximate surface area is 97.8 Å². The average molecular weight is 278 g/mol. The van der Waals surface area contributed by atoms with Crippen LogP contribution in [-0.2, 0) is 11.2 Å². The van der Waals surface area contributed by atoms with Crippen molar-refractivity contribution in [1.29, 1.82) is 0 Å². The summed E-state index contributed by atoms with van der Waals surface area (Å²) in [5.41, 5.74) is 0. The van der Waals surface area contributed by atoms with Crippen molar-refractivity contribution in [3.63, 3.8) is 0 Å². The second-order valence-corrected chi connectivity index (χ2v) is 5.09. The molecule has 0 amide bonds. The van der Waals surface area contributed by atoms with E-state index in [-0.39, 0.29) is 6.10 Å². The Morgan fingerprint density at radius 3 is 2.79 bits per heavy atom. The fourth-order valence-corrected chi connectivity index (χ4v) is 2.91. The van der Waals surface area contributed by atoms with Crippen LogP contribution in [0.15, 0.2) is 15.9 Å². The molecule has 0 radical (unpaired) electrons. The standard InChI is InChI=1S/C10H16BrNOS/c1-7(13-3)9(12-2)6-10-8(11)4-5-14-10/h4-5,7,9,12H,6H2,1-3H3. The molecule has 0 aliphatic rings. The van der Waals surface area contributed by atoms with E-state index in [0.29, 0.717) is 6.04 Å². The van der Waals surface area contributed by atoms with Crippen LogP contribution in [0.2, 0.25) is 0 Å². The number of rotatable bonds is 5. The van der Waals surface area contributed by atoms with Crippen molar-refractivity contribution < 1.29 is 4.74 Å². The Hall–Kier alpha value is 0.1000. The molecule has 0 saturated carbocycles. The lowest BCUT2D eigenvalue weighted by molar-refractivity contribution is 0.0859. The smallest absolute Gasteiger partial charge is 0.0699 e. The molecule has 1 N–H and O–H groups in total. The normalized spacial score (nSPS) is 15.4. The van der Waals surface area contributed by atoms with Crippen LogP contribution in [0.4, 0.5) is 0 Å². The number of ether oxygens (including phenoxy) is 1. The molecule has 4 heteroatoms. The molecule has 1 aromatic heterocycles. The minimum atomic E-state index is 0.231. The van der Waals surface area contributed by atoms with Gasteiger partial charge in [-0.3, -0.25) is 0 Å². The van der Waals surface area contributed by atoms with Gasteiger partial charge in [-0.15, -0.1) is 11.3 Å². The highest BCUT2D eigenvalue weighted by Crippen LogP contribution is 2.24. The summed E-state index contributed by atoms with van der Waals surface area (Å²) in [6, 6.07) is 2.46. The Morgan fingerprint density at radius 1 is 1.64 bits per heavy atom. The molecule has 1 aromatic rings. The Balaban J connectivity index is 2.61. The number of thiophene rings is 1. The number of likely N-dealkylation sites (N-methyl/N-ethyl adjacent to an activating group) is 1. The van der Waals surface area contributed by atoms with E-state index >= 15 is 0 Å². The number of hydrogen-bond donors (Lipinski definition) is 1. The highest BCUT2D eigenvalue weighted by Gasteiger charge is 2.16. The van der Waals surface area contributed by atoms with E-state index in [2.05, 4.69) is 39.6 Å². The van der Waals surface area contributed by atoms with Crippen molar-refractivity contribution in [2.24, 2.45) is 0 Å². The molecule has 2 nitrogen and oxygen atoms in total. The molecule has 0 aromatic carbocycles. The van der Waals surface area contributed by atoms with Gasteiger partial charge in [0.15, 0.2) is 0 Å². The lowest BCUT2D eigenvalue weighted by atomic mass is 10.1. The summed E-state index contributed by atoms with van der Waals surface area (Å²) < 4.78 is 6.52. The van der Waals surface area contributed by atoms with Gasteiger partial charge >= 0.3 is 0 Å². The van der Waals surface area contributed by atoms with Crippen molar-refractivity contribution in [3.8, 4) is 0 Å². The van der Waals surface area contributed by atoms with Crippen molar-refractivity contribution in [1.82, 2.24) is 5.32 Å². The number of methoxy groups -OCH3 is 1. The number of halogens is 1. The molecule has 0 saturated heterocycles. The SMILES string of the molecule is CNC(Cc1sccc1Br)C(C)OC. The molecule has 14 heavy (non-hydrogen) atoms. The molecule has 0 aliphatic heterocycles. The maximum atomic E-state index is 5.32. The van der Waals surface area contributed by atoms with Crippen LogP contribution < -0.4 is 5.32 Å². The van der Waals surface area contributed by atoms with Gasteiger partial charge in [-0.25, -0.2) is 0 Å². The van der Waals surface area contributed by atoms with Gasteiger partial charge in [0.25, 0.3) is 0 Å². The molecule has 0 aliphatic carbocycles. The lowest BCUT2D eigenvalue weighted by Crippen LogP contribution is -2.38.